The first-order valence-corrected chi connectivity index (χ1v) is 9.62. The van der Waals surface area contributed by atoms with Crippen LogP contribution in [0.5, 0.6) is 5.75 Å². The molecule has 2 aliphatic heterocycles. The van der Waals surface area contributed by atoms with E-state index in [1.54, 1.807) is 20.3 Å². The zero-order valence-electron chi connectivity index (χ0n) is 17.1. The van der Waals surface area contributed by atoms with Gasteiger partial charge in [-0.15, -0.1) is 24.8 Å². The van der Waals surface area contributed by atoms with Crippen molar-refractivity contribution in [3.05, 3.63) is 29.6 Å². The Hall–Kier alpha value is -1.12. The molecule has 0 aliphatic carbocycles. The molecular weight excluding hydrogens is 420 g/mol. The van der Waals surface area contributed by atoms with Gasteiger partial charge < -0.3 is 19.7 Å². The Morgan fingerprint density at radius 2 is 1.79 bits per heavy atom. The minimum atomic E-state index is -0.395. The Morgan fingerprint density at radius 3 is 2.38 bits per heavy atom. The first-order chi connectivity index (χ1) is 13.1. The van der Waals surface area contributed by atoms with Crippen LogP contribution in [0.3, 0.4) is 0 Å². The Labute approximate surface area is 184 Å². The first kappa shape index (κ1) is 25.9. The van der Waals surface area contributed by atoms with Crippen LogP contribution in [-0.2, 0) is 16.1 Å². The summed E-state index contributed by atoms with van der Waals surface area (Å²) in [4.78, 5) is 17.4. The fraction of sp³-hybridized carbons (Fsp3) is 0.650. The van der Waals surface area contributed by atoms with Gasteiger partial charge in [0.2, 0.25) is 5.91 Å². The van der Waals surface area contributed by atoms with Gasteiger partial charge in [-0.1, -0.05) is 0 Å². The number of piperazine rings is 1. The molecule has 166 valence electrons. The van der Waals surface area contributed by atoms with E-state index in [1.807, 2.05) is 4.90 Å². The smallest absolute Gasteiger partial charge is 0.231 e. The molecule has 9 heteroatoms. The van der Waals surface area contributed by atoms with Crippen molar-refractivity contribution < 1.29 is 18.7 Å². The molecule has 2 aliphatic rings. The van der Waals surface area contributed by atoms with Crippen molar-refractivity contribution in [3.63, 3.8) is 0 Å². The SMILES string of the molecule is COCC1(C(=O)N2CCN(Cc3cc(F)ccc3OC)CC2)CCNCC1.Cl.Cl. The Morgan fingerprint density at radius 1 is 1.14 bits per heavy atom. The van der Waals surface area contributed by atoms with Crippen molar-refractivity contribution >= 4 is 30.7 Å². The highest BCUT2D eigenvalue weighted by molar-refractivity contribution is 5.85. The number of amides is 1. The molecule has 0 bridgehead atoms. The maximum atomic E-state index is 13.6. The predicted octanol–water partition coefficient (Wildman–Crippen LogP) is 2.34. The van der Waals surface area contributed by atoms with Crippen LogP contribution in [0, 0.1) is 11.2 Å². The molecule has 29 heavy (non-hydrogen) atoms. The van der Waals surface area contributed by atoms with E-state index in [4.69, 9.17) is 9.47 Å². The third-order valence-electron chi connectivity index (χ3n) is 5.73. The zero-order valence-corrected chi connectivity index (χ0v) is 18.7. The number of nitrogens with zero attached hydrogens (tertiary/aromatic N) is 2. The van der Waals surface area contributed by atoms with E-state index in [0.29, 0.717) is 32.0 Å². The topological polar surface area (TPSA) is 54.0 Å². The lowest BCUT2D eigenvalue weighted by Crippen LogP contribution is -2.56. The molecule has 1 amide bonds. The Kier molecular flexibility index (Phi) is 10.6. The highest BCUT2D eigenvalue weighted by Gasteiger charge is 2.42. The van der Waals surface area contributed by atoms with Crippen molar-refractivity contribution in [3.8, 4) is 5.75 Å². The highest BCUT2D eigenvalue weighted by atomic mass is 35.5. The van der Waals surface area contributed by atoms with E-state index in [2.05, 4.69) is 10.2 Å². The van der Waals surface area contributed by atoms with E-state index < -0.39 is 5.41 Å². The molecule has 2 fully saturated rings. The monoisotopic (exact) mass is 451 g/mol. The van der Waals surface area contributed by atoms with Gasteiger partial charge in [-0.2, -0.15) is 0 Å². The minimum Gasteiger partial charge on any atom is -0.496 e. The molecule has 2 heterocycles. The summed E-state index contributed by atoms with van der Waals surface area (Å²) in [7, 11) is 3.27. The first-order valence-electron chi connectivity index (χ1n) is 9.62. The third kappa shape index (κ3) is 6.18. The van der Waals surface area contributed by atoms with Crippen LogP contribution in [0.4, 0.5) is 4.39 Å². The van der Waals surface area contributed by atoms with Crippen LogP contribution in [-0.4, -0.2) is 75.8 Å². The summed E-state index contributed by atoms with van der Waals surface area (Å²) < 4.78 is 24.3. The van der Waals surface area contributed by atoms with Crippen molar-refractivity contribution in [2.75, 3.05) is 60.1 Å². The number of carbonyl (C=O) groups excluding carboxylic acids is 1. The summed E-state index contributed by atoms with van der Waals surface area (Å²) in [5.74, 6) is 0.657. The number of ether oxygens (including phenoxy) is 2. The van der Waals surface area contributed by atoms with Crippen molar-refractivity contribution in [2.45, 2.75) is 19.4 Å². The molecule has 3 rings (SSSR count). The number of piperidine rings is 1. The molecule has 6 nitrogen and oxygen atoms in total. The molecule has 0 atom stereocenters. The largest absolute Gasteiger partial charge is 0.496 e. The summed E-state index contributed by atoms with van der Waals surface area (Å²) >= 11 is 0. The lowest BCUT2D eigenvalue weighted by Gasteiger charge is -2.42. The molecule has 0 saturated carbocycles. The number of benzene rings is 1. The lowest BCUT2D eigenvalue weighted by molar-refractivity contribution is -0.149. The standard InChI is InChI=1S/C20H30FN3O3.2ClH/c1-26-15-20(5-7-22-8-6-20)19(25)24-11-9-23(10-12-24)14-16-13-17(21)3-4-18(16)27-2;;/h3-4,13,22H,5-12,14-15H2,1-2H3;2*1H. The normalized spacial score (nSPS) is 19.1. The fourth-order valence-corrected chi connectivity index (χ4v) is 4.16. The molecule has 0 radical (unpaired) electrons. The third-order valence-corrected chi connectivity index (χ3v) is 5.73. The lowest BCUT2D eigenvalue weighted by atomic mass is 9.78. The molecule has 2 saturated heterocycles. The van der Waals surface area contributed by atoms with Crippen LogP contribution < -0.4 is 10.1 Å². The summed E-state index contributed by atoms with van der Waals surface area (Å²) in [6.07, 6.45) is 1.64. The van der Waals surface area contributed by atoms with Crippen LogP contribution in [0.1, 0.15) is 18.4 Å². The molecule has 0 spiro atoms. The summed E-state index contributed by atoms with van der Waals surface area (Å²) in [5, 5.41) is 3.33. The molecule has 0 aromatic heterocycles. The quantitative estimate of drug-likeness (QED) is 0.719. The van der Waals surface area contributed by atoms with Gasteiger partial charge in [0, 0.05) is 45.4 Å². The van der Waals surface area contributed by atoms with Crippen LogP contribution in [0.25, 0.3) is 0 Å². The fourth-order valence-electron chi connectivity index (χ4n) is 4.16. The predicted molar refractivity (Wildman–Crippen MR) is 116 cm³/mol. The van der Waals surface area contributed by atoms with Crippen LogP contribution in [0.15, 0.2) is 18.2 Å². The molecular formula is C20H32Cl2FN3O3. The number of rotatable bonds is 6. The van der Waals surface area contributed by atoms with Gasteiger partial charge in [0.05, 0.1) is 19.1 Å². The molecule has 1 aromatic rings. The van der Waals surface area contributed by atoms with Crippen molar-refractivity contribution in [2.24, 2.45) is 5.41 Å². The number of methoxy groups -OCH3 is 2. The van der Waals surface area contributed by atoms with E-state index in [0.717, 1.165) is 44.6 Å². The Balaban J connectivity index is 0.00000210. The van der Waals surface area contributed by atoms with Crippen molar-refractivity contribution in [1.82, 2.24) is 15.1 Å². The second kappa shape index (κ2) is 11.9. The van der Waals surface area contributed by atoms with E-state index in [1.165, 1.54) is 12.1 Å². The van der Waals surface area contributed by atoms with Crippen LogP contribution in [0.2, 0.25) is 0 Å². The van der Waals surface area contributed by atoms with Gasteiger partial charge in [-0.3, -0.25) is 9.69 Å². The average Bonchev–Trinajstić information content (AvgIpc) is 2.69. The van der Waals surface area contributed by atoms with Gasteiger partial charge in [0.25, 0.3) is 0 Å². The second-order valence-electron chi connectivity index (χ2n) is 7.49. The number of halogens is 3. The van der Waals surface area contributed by atoms with Crippen molar-refractivity contribution in [1.29, 1.82) is 0 Å². The number of hydrogen-bond donors (Lipinski definition) is 1. The van der Waals surface area contributed by atoms with Gasteiger partial charge in [-0.25, -0.2) is 4.39 Å². The maximum Gasteiger partial charge on any atom is 0.231 e. The summed E-state index contributed by atoms with van der Waals surface area (Å²) in [6.45, 7) is 5.73. The van der Waals surface area contributed by atoms with Gasteiger partial charge in [-0.05, 0) is 44.1 Å². The average molecular weight is 452 g/mol. The van der Waals surface area contributed by atoms with Gasteiger partial charge in [0.15, 0.2) is 0 Å². The molecule has 1 N–H and O–H groups in total. The number of nitrogens with one attached hydrogen (secondary N) is 1. The van der Waals surface area contributed by atoms with E-state index in [-0.39, 0.29) is 36.5 Å². The summed E-state index contributed by atoms with van der Waals surface area (Å²) in [5.41, 5.74) is 0.444. The van der Waals surface area contributed by atoms with Gasteiger partial charge in [0.1, 0.15) is 11.6 Å². The number of hydrogen-bond acceptors (Lipinski definition) is 5. The summed E-state index contributed by atoms with van der Waals surface area (Å²) in [6, 6.07) is 4.60. The van der Waals surface area contributed by atoms with Crippen LogP contribution >= 0.6 is 24.8 Å². The maximum absolute atomic E-state index is 13.6. The molecule has 1 aromatic carbocycles. The highest BCUT2D eigenvalue weighted by Crippen LogP contribution is 2.32. The Bertz CT molecular complexity index is 646. The zero-order chi connectivity index (χ0) is 19.3. The van der Waals surface area contributed by atoms with Gasteiger partial charge >= 0.3 is 0 Å². The second-order valence-corrected chi connectivity index (χ2v) is 7.49. The minimum absolute atomic E-state index is 0. The molecule has 0 unspecified atom stereocenters. The van der Waals surface area contributed by atoms with E-state index in [9.17, 15) is 9.18 Å². The number of carbonyl (C=O) groups is 1. The van der Waals surface area contributed by atoms with E-state index >= 15 is 0 Å².